The molecule has 2 aliphatic rings. The quantitative estimate of drug-likeness (QED) is 0.0174. The molecule has 0 bridgehead atoms. The van der Waals surface area contributed by atoms with Gasteiger partial charge in [-0.05, 0) is 38.5 Å². The Kier molecular flexibility index (Phi) is 37.4. The molecule has 2 aliphatic heterocycles. The average molecular weight is 975 g/mol. The molecule has 15 nitrogen and oxygen atoms in total. The van der Waals surface area contributed by atoms with Gasteiger partial charge in [0, 0.05) is 12.8 Å². The average Bonchev–Trinajstić information content (AvgIpc) is 3.33. The van der Waals surface area contributed by atoms with Crippen LogP contribution in [0.4, 0.5) is 0 Å². The van der Waals surface area contributed by atoms with Crippen LogP contribution >= 0.6 is 0 Å². The van der Waals surface area contributed by atoms with Crippen LogP contribution in [-0.2, 0) is 38.0 Å². The maximum absolute atomic E-state index is 13.0. The second-order valence-corrected chi connectivity index (χ2v) is 19.4. The molecule has 0 saturated carbocycles. The highest BCUT2D eigenvalue weighted by atomic mass is 16.7. The zero-order chi connectivity index (χ0) is 49.6. The van der Waals surface area contributed by atoms with Crippen LogP contribution < -0.4 is 0 Å². The molecular formula is C53H98O15. The molecule has 2 rings (SSSR count). The Morgan fingerprint density at radius 3 is 1.31 bits per heavy atom. The van der Waals surface area contributed by atoms with Crippen molar-refractivity contribution in [2.24, 2.45) is 0 Å². The van der Waals surface area contributed by atoms with Gasteiger partial charge in [-0.25, -0.2) is 0 Å². The van der Waals surface area contributed by atoms with Gasteiger partial charge in [0.25, 0.3) is 0 Å². The third kappa shape index (κ3) is 28.3. The smallest absolute Gasteiger partial charge is 0.306 e. The van der Waals surface area contributed by atoms with Crippen molar-refractivity contribution in [3.63, 3.8) is 0 Å². The third-order valence-corrected chi connectivity index (χ3v) is 13.2. The van der Waals surface area contributed by atoms with E-state index in [0.29, 0.717) is 12.8 Å². The molecule has 7 N–H and O–H groups in total. The lowest BCUT2D eigenvalue weighted by Gasteiger charge is -2.42. The maximum atomic E-state index is 13.0. The van der Waals surface area contributed by atoms with E-state index >= 15 is 0 Å². The number of rotatable bonds is 43. The van der Waals surface area contributed by atoms with Crippen LogP contribution in [0.25, 0.3) is 0 Å². The predicted octanol–water partition coefficient (Wildman–Crippen LogP) is 8.16. The summed E-state index contributed by atoms with van der Waals surface area (Å²) < 4.78 is 33.6. The summed E-state index contributed by atoms with van der Waals surface area (Å²) in [5, 5.41) is 72.1. The largest absolute Gasteiger partial charge is 0.462 e. The normalized spacial score (nSPS) is 25.8. The molecule has 68 heavy (non-hydrogen) atoms. The Morgan fingerprint density at radius 1 is 0.456 bits per heavy atom. The van der Waals surface area contributed by atoms with Crippen LogP contribution in [-0.4, -0.2) is 142 Å². The Balaban J connectivity index is 1.76. The molecule has 0 spiro atoms. The van der Waals surface area contributed by atoms with Crippen LogP contribution in [0, 0.1) is 0 Å². The van der Waals surface area contributed by atoms with Crippen molar-refractivity contribution in [2.75, 3.05) is 26.4 Å². The highest BCUT2D eigenvalue weighted by molar-refractivity contribution is 5.70. The van der Waals surface area contributed by atoms with E-state index in [1.807, 2.05) is 0 Å². The predicted molar refractivity (Wildman–Crippen MR) is 261 cm³/mol. The summed E-state index contributed by atoms with van der Waals surface area (Å²) >= 11 is 0. The van der Waals surface area contributed by atoms with Gasteiger partial charge in [0.05, 0.1) is 19.8 Å². The molecule has 0 aliphatic carbocycles. The van der Waals surface area contributed by atoms with E-state index in [1.54, 1.807) is 0 Å². The first-order chi connectivity index (χ1) is 33.0. The summed E-state index contributed by atoms with van der Waals surface area (Å²) in [6.07, 6.45) is 23.8. The van der Waals surface area contributed by atoms with Crippen molar-refractivity contribution in [3.05, 3.63) is 12.2 Å². The van der Waals surface area contributed by atoms with E-state index in [0.717, 1.165) is 57.8 Å². The van der Waals surface area contributed by atoms with Gasteiger partial charge in [0.1, 0.15) is 55.4 Å². The summed E-state index contributed by atoms with van der Waals surface area (Å²) in [6.45, 7) is 2.60. The number of carbonyl (C=O) groups is 2. The molecule has 400 valence electrons. The molecular weight excluding hydrogens is 877 g/mol. The second kappa shape index (κ2) is 40.8. The lowest BCUT2D eigenvalue weighted by Crippen LogP contribution is -2.61. The maximum Gasteiger partial charge on any atom is 0.306 e. The molecule has 2 heterocycles. The zero-order valence-electron chi connectivity index (χ0n) is 42.4. The van der Waals surface area contributed by atoms with Gasteiger partial charge in [-0.15, -0.1) is 0 Å². The SMILES string of the molecule is CCCCCC/C=C\CCCCCCCC(=O)OC(COC(=O)CCCCCCCCCCCCCCCCCCCCC)COC1OC(COC2OC(CO)C(O)C(O)C2O)C(O)C(O)C1O. The van der Waals surface area contributed by atoms with Crippen LogP contribution in [0.1, 0.15) is 219 Å². The van der Waals surface area contributed by atoms with Gasteiger partial charge in [0.15, 0.2) is 18.7 Å². The molecule has 0 aromatic carbocycles. The Hall–Kier alpha value is -1.76. The van der Waals surface area contributed by atoms with Crippen molar-refractivity contribution >= 4 is 11.9 Å². The van der Waals surface area contributed by atoms with Crippen molar-refractivity contribution in [2.45, 2.75) is 287 Å². The van der Waals surface area contributed by atoms with Crippen LogP contribution in [0.5, 0.6) is 0 Å². The molecule has 0 aromatic heterocycles. The third-order valence-electron chi connectivity index (χ3n) is 13.2. The molecule has 15 heteroatoms. The van der Waals surface area contributed by atoms with Crippen LogP contribution in [0.15, 0.2) is 12.2 Å². The summed E-state index contributed by atoms with van der Waals surface area (Å²) in [6, 6.07) is 0. The fourth-order valence-electron chi connectivity index (χ4n) is 8.74. The number of esters is 2. The van der Waals surface area contributed by atoms with Crippen molar-refractivity contribution in [1.82, 2.24) is 0 Å². The van der Waals surface area contributed by atoms with Gasteiger partial charge in [-0.1, -0.05) is 180 Å². The Labute approximate surface area is 410 Å². The number of aliphatic hydroxyl groups is 7. The Morgan fingerprint density at radius 2 is 0.838 bits per heavy atom. The number of hydrogen-bond donors (Lipinski definition) is 7. The molecule has 11 unspecified atom stereocenters. The molecule has 0 radical (unpaired) electrons. The van der Waals surface area contributed by atoms with Gasteiger partial charge in [-0.2, -0.15) is 0 Å². The van der Waals surface area contributed by atoms with E-state index in [4.69, 9.17) is 28.4 Å². The number of aliphatic hydroxyl groups excluding tert-OH is 7. The van der Waals surface area contributed by atoms with E-state index < -0.39 is 92.7 Å². The van der Waals surface area contributed by atoms with E-state index in [2.05, 4.69) is 26.0 Å². The van der Waals surface area contributed by atoms with Crippen molar-refractivity contribution in [1.29, 1.82) is 0 Å². The standard InChI is InChI=1S/C53H98O15/c1-3-5-7-9-11-13-15-17-18-19-20-21-22-24-25-27-29-31-33-35-44(55)63-38-41(66-45(56)36-34-32-30-28-26-23-16-14-12-10-8-6-4-2)39-64-52-51(62)49(60)47(58)43(68-52)40-65-53-50(61)48(59)46(57)42(37-54)67-53/h14,16,41-43,46-54,57-62H,3-13,15,17-40H2,1-2H3/b16-14-. The van der Waals surface area contributed by atoms with Gasteiger partial charge in [-0.3, -0.25) is 9.59 Å². The number of ether oxygens (including phenoxy) is 6. The van der Waals surface area contributed by atoms with Crippen molar-refractivity contribution in [3.8, 4) is 0 Å². The fourth-order valence-corrected chi connectivity index (χ4v) is 8.74. The molecule has 0 aromatic rings. The minimum absolute atomic E-state index is 0.159. The lowest BCUT2D eigenvalue weighted by molar-refractivity contribution is -0.332. The Bertz CT molecular complexity index is 1240. The summed E-state index contributed by atoms with van der Waals surface area (Å²) in [5.74, 6) is -0.923. The highest BCUT2D eigenvalue weighted by Gasteiger charge is 2.47. The first-order valence-corrected chi connectivity index (χ1v) is 27.3. The summed E-state index contributed by atoms with van der Waals surface area (Å²) in [7, 11) is 0. The van der Waals surface area contributed by atoms with E-state index in [9.17, 15) is 45.3 Å². The first-order valence-electron chi connectivity index (χ1n) is 27.3. The van der Waals surface area contributed by atoms with Crippen LogP contribution in [0.3, 0.4) is 0 Å². The monoisotopic (exact) mass is 975 g/mol. The second-order valence-electron chi connectivity index (χ2n) is 19.4. The lowest BCUT2D eigenvalue weighted by atomic mass is 9.98. The summed E-state index contributed by atoms with van der Waals surface area (Å²) in [5.41, 5.74) is 0. The number of unbranched alkanes of at least 4 members (excludes halogenated alkanes) is 27. The van der Waals surface area contributed by atoms with Crippen LogP contribution in [0.2, 0.25) is 0 Å². The van der Waals surface area contributed by atoms with Gasteiger partial charge in [0.2, 0.25) is 0 Å². The zero-order valence-corrected chi connectivity index (χ0v) is 42.4. The molecule has 2 saturated heterocycles. The molecule has 11 atom stereocenters. The highest BCUT2D eigenvalue weighted by Crippen LogP contribution is 2.27. The summed E-state index contributed by atoms with van der Waals surface area (Å²) in [4.78, 5) is 25.8. The molecule has 0 amide bonds. The minimum atomic E-state index is -1.76. The topological polar surface area (TPSA) is 231 Å². The van der Waals surface area contributed by atoms with Gasteiger partial charge >= 0.3 is 11.9 Å². The van der Waals surface area contributed by atoms with Crippen molar-refractivity contribution < 1.29 is 73.8 Å². The minimum Gasteiger partial charge on any atom is -0.462 e. The molecule has 2 fully saturated rings. The van der Waals surface area contributed by atoms with E-state index in [1.165, 1.54) is 122 Å². The first kappa shape index (κ1) is 62.4. The van der Waals surface area contributed by atoms with E-state index in [-0.39, 0.29) is 26.1 Å². The number of carbonyl (C=O) groups excluding carboxylic acids is 2. The number of hydrogen-bond acceptors (Lipinski definition) is 15. The number of allylic oxidation sites excluding steroid dienone is 2. The fraction of sp³-hybridized carbons (Fsp3) is 0.925. The van der Waals surface area contributed by atoms with Gasteiger partial charge < -0.3 is 64.2 Å².